The molecule has 0 saturated heterocycles. The van der Waals surface area contributed by atoms with Crippen LogP contribution in [0.1, 0.15) is 23.6 Å². The van der Waals surface area contributed by atoms with Crippen molar-refractivity contribution in [1.29, 1.82) is 0 Å². The average Bonchev–Trinajstić information content (AvgIpc) is 2.67. The quantitative estimate of drug-likeness (QED) is 0.650. The van der Waals surface area contributed by atoms with E-state index in [1.165, 1.54) is 5.56 Å². The smallest absolute Gasteiger partial charge is 0.0375 e. The summed E-state index contributed by atoms with van der Waals surface area (Å²) in [6.07, 6.45) is 3.00. The highest BCUT2D eigenvalue weighted by molar-refractivity contribution is 5.27. The number of nitrogens with zero attached hydrogens (tertiary/aromatic N) is 1. The number of pyridine rings is 1. The molecular weight excluding hydrogens is 136 g/mol. The molecule has 0 unspecified atom stereocenters. The summed E-state index contributed by atoms with van der Waals surface area (Å²) in [6, 6.07) is 4.58. The van der Waals surface area contributed by atoms with Crippen LogP contribution in [0.4, 0.5) is 0 Å². The first-order valence-corrected chi connectivity index (χ1v) is 3.95. The van der Waals surface area contributed by atoms with Crippen LogP contribution in [0.2, 0.25) is 0 Å². The Morgan fingerprint density at radius 2 is 2.36 bits per heavy atom. The predicted octanol–water partition coefficient (Wildman–Crippen LogP) is 1.20. The largest absolute Gasteiger partial charge is 0.327 e. The topological polar surface area (TPSA) is 38.9 Å². The van der Waals surface area contributed by atoms with Gasteiger partial charge in [0.25, 0.3) is 0 Å². The summed E-state index contributed by atoms with van der Waals surface area (Å²) in [7, 11) is 0. The molecule has 1 aliphatic rings. The third kappa shape index (κ3) is 1.26. The van der Waals surface area contributed by atoms with Crippen molar-refractivity contribution in [1.82, 2.24) is 4.98 Å². The van der Waals surface area contributed by atoms with E-state index in [0.29, 0.717) is 12.0 Å². The maximum absolute atomic E-state index is 5.73. The lowest BCUT2D eigenvalue weighted by atomic mass is 10.1. The zero-order valence-corrected chi connectivity index (χ0v) is 6.62. The second-order valence-electron chi connectivity index (χ2n) is 3.24. The van der Waals surface area contributed by atoms with E-state index in [0.717, 1.165) is 12.1 Å². The van der Waals surface area contributed by atoms with E-state index in [-0.39, 0.29) is 0 Å². The van der Waals surface area contributed by atoms with Crippen molar-refractivity contribution < 1.29 is 0 Å². The molecule has 11 heavy (non-hydrogen) atoms. The Labute approximate surface area is 66.4 Å². The zero-order chi connectivity index (χ0) is 7.84. The molecule has 2 rings (SSSR count). The lowest BCUT2D eigenvalue weighted by Gasteiger charge is -1.97. The zero-order valence-electron chi connectivity index (χ0n) is 6.62. The SMILES string of the molecule is Cc1cc([C@@H]2C[C@H]2N)ccn1. The molecule has 1 aliphatic carbocycles. The van der Waals surface area contributed by atoms with Crippen LogP contribution < -0.4 is 5.73 Å². The van der Waals surface area contributed by atoms with Gasteiger partial charge in [-0.05, 0) is 31.0 Å². The first kappa shape index (κ1) is 6.80. The molecule has 0 spiro atoms. The van der Waals surface area contributed by atoms with Gasteiger partial charge in [-0.2, -0.15) is 0 Å². The summed E-state index contributed by atoms with van der Waals surface area (Å²) in [5.41, 5.74) is 8.16. The van der Waals surface area contributed by atoms with Gasteiger partial charge in [-0.15, -0.1) is 0 Å². The van der Waals surface area contributed by atoms with Gasteiger partial charge in [0, 0.05) is 23.9 Å². The summed E-state index contributed by atoms with van der Waals surface area (Å²) in [5.74, 6) is 0.608. The minimum atomic E-state index is 0.400. The van der Waals surface area contributed by atoms with Crippen LogP contribution >= 0.6 is 0 Å². The summed E-state index contributed by atoms with van der Waals surface area (Å²) in [5, 5.41) is 0. The molecule has 1 aromatic heterocycles. The van der Waals surface area contributed by atoms with Gasteiger partial charge in [0.15, 0.2) is 0 Å². The number of aryl methyl sites for hydroxylation is 1. The average molecular weight is 148 g/mol. The summed E-state index contributed by atoms with van der Waals surface area (Å²) in [6.45, 7) is 2.01. The van der Waals surface area contributed by atoms with E-state index in [2.05, 4.69) is 17.1 Å². The minimum absolute atomic E-state index is 0.400. The van der Waals surface area contributed by atoms with Crippen molar-refractivity contribution in [3.05, 3.63) is 29.6 Å². The minimum Gasteiger partial charge on any atom is -0.327 e. The van der Waals surface area contributed by atoms with E-state index in [1.807, 2.05) is 13.1 Å². The Morgan fingerprint density at radius 3 is 2.91 bits per heavy atom. The van der Waals surface area contributed by atoms with Gasteiger partial charge in [-0.3, -0.25) is 4.98 Å². The van der Waals surface area contributed by atoms with Gasteiger partial charge in [0.2, 0.25) is 0 Å². The van der Waals surface area contributed by atoms with Gasteiger partial charge in [-0.25, -0.2) is 0 Å². The molecule has 0 bridgehead atoms. The Balaban J connectivity index is 2.25. The number of hydrogen-bond acceptors (Lipinski definition) is 2. The summed E-state index contributed by atoms with van der Waals surface area (Å²) >= 11 is 0. The third-order valence-corrected chi connectivity index (χ3v) is 2.19. The molecule has 2 nitrogen and oxygen atoms in total. The van der Waals surface area contributed by atoms with Crippen LogP contribution in [0.3, 0.4) is 0 Å². The van der Waals surface area contributed by atoms with E-state index < -0.39 is 0 Å². The van der Waals surface area contributed by atoms with Crippen LogP contribution in [0.25, 0.3) is 0 Å². The predicted molar refractivity (Wildman–Crippen MR) is 44.3 cm³/mol. The molecule has 0 amide bonds. The van der Waals surface area contributed by atoms with Crippen LogP contribution in [0, 0.1) is 6.92 Å². The number of aromatic nitrogens is 1. The van der Waals surface area contributed by atoms with Gasteiger partial charge in [0.05, 0.1) is 0 Å². The van der Waals surface area contributed by atoms with Crippen LogP contribution in [-0.4, -0.2) is 11.0 Å². The molecule has 0 aliphatic heterocycles. The van der Waals surface area contributed by atoms with E-state index in [4.69, 9.17) is 5.73 Å². The lowest BCUT2D eigenvalue weighted by Crippen LogP contribution is -2.01. The second-order valence-corrected chi connectivity index (χ2v) is 3.24. The van der Waals surface area contributed by atoms with Crippen molar-refractivity contribution in [2.24, 2.45) is 5.73 Å². The van der Waals surface area contributed by atoms with Crippen molar-refractivity contribution in [2.75, 3.05) is 0 Å². The van der Waals surface area contributed by atoms with Crippen LogP contribution in [0.15, 0.2) is 18.3 Å². The van der Waals surface area contributed by atoms with Gasteiger partial charge in [-0.1, -0.05) is 0 Å². The highest BCUT2D eigenvalue weighted by Crippen LogP contribution is 2.38. The molecule has 2 heteroatoms. The molecule has 0 aromatic carbocycles. The van der Waals surface area contributed by atoms with Crippen LogP contribution in [-0.2, 0) is 0 Å². The standard InChI is InChI=1S/C9H12N2/c1-6-4-7(2-3-11-6)8-5-9(8)10/h2-4,8-9H,5,10H2,1H3/t8-,9+/m0/s1. The number of nitrogens with two attached hydrogens (primary N) is 1. The fourth-order valence-corrected chi connectivity index (χ4v) is 1.40. The van der Waals surface area contributed by atoms with E-state index in [9.17, 15) is 0 Å². The van der Waals surface area contributed by atoms with Gasteiger partial charge >= 0.3 is 0 Å². The van der Waals surface area contributed by atoms with Gasteiger partial charge < -0.3 is 5.73 Å². The lowest BCUT2D eigenvalue weighted by molar-refractivity contribution is 0.980. The molecule has 1 heterocycles. The van der Waals surface area contributed by atoms with E-state index >= 15 is 0 Å². The first-order chi connectivity index (χ1) is 5.27. The van der Waals surface area contributed by atoms with Crippen molar-refractivity contribution in [2.45, 2.75) is 25.3 Å². The van der Waals surface area contributed by atoms with Crippen molar-refractivity contribution in [3.8, 4) is 0 Å². The molecule has 1 fully saturated rings. The Morgan fingerprint density at radius 1 is 1.64 bits per heavy atom. The maximum atomic E-state index is 5.73. The Hall–Kier alpha value is -0.890. The maximum Gasteiger partial charge on any atom is 0.0375 e. The van der Waals surface area contributed by atoms with Crippen molar-refractivity contribution >= 4 is 0 Å². The molecular formula is C9H12N2. The summed E-state index contributed by atoms with van der Waals surface area (Å²) < 4.78 is 0. The van der Waals surface area contributed by atoms with Gasteiger partial charge in [0.1, 0.15) is 0 Å². The molecule has 1 aromatic rings. The van der Waals surface area contributed by atoms with Crippen LogP contribution in [0.5, 0.6) is 0 Å². The fourth-order valence-electron chi connectivity index (χ4n) is 1.40. The highest BCUT2D eigenvalue weighted by Gasteiger charge is 2.34. The van der Waals surface area contributed by atoms with Crippen molar-refractivity contribution in [3.63, 3.8) is 0 Å². The monoisotopic (exact) mass is 148 g/mol. The normalized spacial score (nSPS) is 28.5. The Kier molecular flexibility index (Phi) is 1.43. The molecule has 0 radical (unpaired) electrons. The molecule has 1 saturated carbocycles. The number of hydrogen-bond donors (Lipinski definition) is 1. The summed E-state index contributed by atoms with van der Waals surface area (Å²) in [4.78, 5) is 4.13. The fraction of sp³-hybridized carbons (Fsp3) is 0.444. The third-order valence-electron chi connectivity index (χ3n) is 2.19. The molecule has 58 valence electrons. The highest BCUT2D eigenvalue weighted by atomic mass is 14.7. The van der Waals surface area contributed by atoms with E-state index in [1.54, 1.807) is 0 Å². The first-order valence-electron chi connectivity index (χ1n) is 3.95. The Bertz CT molecular complexity index is 270. The number of rotatable bonds is 1. The molecule has 2 atom stereocenters. The second kappa shape index (κ2) is 2.31. The molecule has 2 N–H and O–H groups in total.